The molecule has 0 atom stereocenters. The van der Waals surface area contributed by atoms with Gasteiger partial charge in [-0.1, -0.05) is 26.8 Å². The lowest BCUT2D eigenvalue weighted by atomic mass is 9.92. The van der Waals surface area contributed by atoms with Crippen LogP contribution in [0, 0.1) is 15.9 Å². The lowest BCUT2D eigenvalue weighted by Crippen LogP contribution is -2.12. The quantitative estimate of drug-likeness (QED) is 0.812. The summed E-state index contributed by atoms with van der Waals surface area (Å²) < 4.78 is 1.33. The molecule has 0 spiro atoms. The number of nitrogens with one attached hydrogen (secondary N) is 1. The van der Waals surface area contributed by atoms with Gasteiger partial charge in [0.25, 0.3) is 0 Å². The van der Waals surface area contributed by atoms with Crippen molar-refractivity contribution in [2.24, 2.45) is 5.41 Å². The van der Waals surface area contributed by atoms with Crippen molar-refractivity contribution >= 4 is 28.3 Å². The molecule has 1 rings (SSSR count). The smallest absolute Gasteiger partial charge is 0.0350 e. The van der Waals surface area contributed by atoms with Gasteiger partial charge in [0.1, 0.15) is 0 Å². The molecule has 0 bridgehead atoms. The number of hydrogen-bond acceptors (Lipinski definition) is 1. The topological polar surface area (TPSA) is 12.0 Å². The number of hydrogen-bond donors (Lipinski definition) is 1. The van der Waals surface area contributed by atoms with Crippen LogP contribution in [-0.4, -0.2) is 6.54 Å². The predicted molar refractivity (Wildman–Crippen MR) is 76.5 cm³/mol. The van der Waals surface area contributed by atoms with Crippen molar-refractivity contribution in [3.05, 3.63) is 27.3 Å². The van der Waals surface area contributed by atoms with Crippen molar-refractivity contribution in [2.75, 3.05) is 11.9 Å². The van der Waals surface area contributed by atoms with Gasteiger partial charge in [0.2, 0.25) is 0 Å². The highest BCUT2D eigenvalue weighted by Crippen LogP contribution is 2.20. The summed E-state index contributed by atoms with van der Waals surface area (Å²) in [6.45, 7) is 10.00. The number of aryl methyl sites for hydroxylation is 1. The van der Waals surface area contributed by atoms with E-state index in [-0.39, 0.29) is 0 Å². The average Bonchev–Trinajstić information content (AvgIpc) is 2.09. The lowest BCUT2D eigenvalue weighted by Gasteiger charge is -2.18. The summed E-state index contributed by atoms with van der Waals surface area (Å²) in [5.74, 6) is 0. The first-order valence-electron chi connectivity index (χ1n) is 5.38. The Kier molecular flexibility index (Phi) is 4.44. The van der Waals surface area contributed by atoms with Gasteiger partial charge in [0.05, 0.1) is 0 Å². The first-order chi connectivity index (χ1) is 6.88. The molecule has 0 heterocycles. The first-order valence-corrected chi connectivity index (χ1v) is 6.46. The number of anilines is 1. The summed E-state index contributed by atoms with van der Waals surface area (Å²) in [5.41, 5.74) is 2.98. The number of halogens is 1. The molecule has 0 fully saturated rings. The summed E-state index contributed by atoms with van der Waals surface area (Å²) in [6.07, 6.45) is 1.19. The Labute approximate surface area is 107 Å². The minimum absolute atomic E-state index is 0.408. The zero-order valence-corrected chi connectivity index (χ0v) is 12.2. The fourth-order valence-electron chi connectivity index (χ4n) is 1.28. The van der Waals surface area contributed by atoms with Gasteiger partial charge < -0.3 is 5.32 Å². The van der Waals surface area contributed by atoms with Crippen LogP contribution < -0.4 is 5.32 Å². The van der Waals surface area contributed by atoms with Crippen LogP contribution in [0.1, 0.15) is 32.8 Å². The number of benzene rings is 1. The fraction of sp³-hybridized carbons (Fsp3) is 0.538. The van der Waals surface area contributed by atoms with E-state index in [1.165, 1.54) is 21.2 Å². The van der Waals surface area contributed by atoms with Crippen LogP contribution in [0.5, 0.6) is 0 Å². The van der Waals surface area contributed by atoms with E-state index in [4.69, 9.17) is 0 Å². The zero-order valence-electron chi connectivity index (χ0n) is 10.0. The highest BCUT2D eigenvalue weighted by Gasteiger charge is 2.08. The van der Waals surface area contributed by atoms with Crippen molar-refractivity contribution in [2.45, 2.75) is 34.1 Å². The molecule has 1 aromatic carbocycles. The van der Waals surface area contributed by atoms with Gasteiger partial charge in [-0.05, 0) is 59.0 Å². The van der Waals surface area contributed by atoms with E-state index in [0.29, 0.717) is 5.41 Å². The zero-order chi connectivity index (χ0) is 11.5. The van der Waals surface area contributed by atoms with E-state index in [1.807, 2.05) is 0 Å². The van der Waals surface area contributed by atoms with E-state index < -0.39 is 0 Å². The average molecular weight is 317 g/mol. The summed E-state index contributed by atoms with van der Waals surface area (Å²) in [7, 11) is 0. The molecule has 1 nitrogen and oxygen atoms in total. The van der Waals surface area contributed by atoms with Gasteiger partial charge in [-0.2, -0.15) is 0 Å². The van der Waals surface area contributed by atoms with Crippen molar-refractivity contribution in [1.82, 2.24) is 0 Å². The lowest BCUT2D eigenvalue weighted by molar-refractivity contribution is 0.390. The second-order valence-electron chi connectivity index (χ2n) is 5.20. The SMILES string of the molecule is Cc1ccc(NCCC(C)(C)C)cc1I. The maximum absolute atomic E-state index is 3.46. The maximum atomic E-state index is 3.46. The van der Waals surface area contributed by atoms with Crippen molar-refractivity contribution in [3.63, 3.8) is 0 Å². The Morgan fingerprint density at radius 2 is 1.93 bits per heavy atom. The van der Waals surface area contributed by atoms with E-state index >= 15 is 0 Å². The largest absolute Gasteiger partial charge is 0.385 e. The molecule has 84 valence electrons. The van der Waals surface area contributed by atoms with Crippen LogP contribution in [0.2, 0.25) is 0 Å². The van der Waals surface area contributed by atoms with Crippen molar-refractivity contribution in [3.8, 4) is 0 Å². The van der Waals surface area contributed by atoms with Gasteiger partial charge in [-0.15, -0.1) is 0 Å². The second kappa shape index (κ2) is 5.19. The summed E-state index contributed by atoms with van der Waals surface area (Å²) >= 11 is 2.38. The van der Waals surface area contributed by atoms with Crippen LogP contribution in [0.4, 0.5) is 5.69 Å². The summed E-state index contributed by atoms with van der Waals surface area (Å²) in [5, 5.41) is 3.46. The molecule has 0 aliphatic heterocycles. The third-order valence-electron chi connectivity index (χ3n) is 2.38. The van der Waals surface area contributed by atoms with Gasteiger partial charge in [-0.3, -0.25) is 0 Å². The Morgan fingerprint density at radius 3 is 2.47 bits per heavy atom. The standard InChI is InChI=1S/C13H20IN/c1-10-5-6-11(9-12(10)14)15-8-7-13(2,3)4/h5-6,9,15H,7-8H2,1-4H3. The molecular weight excluding hydrogens is 297 g/mol. The van der Waals surface area contributed by atoms with Crippen LogP contribution in [0.15, 0.2) is 18.2 Å². The summed E-state index contributed by atoms with van der Waals surface area (Å²) in [6, 6.07) is 6.53. The van der Waals surface area contributed by atoms with Crippen LogP contribution in [0.3, 0.4) is 0 Å². The molecule has 15 heavy (non-hydrogen) atoms. The number of rotatable bonds is 3. The molecule has 1 N–H and O–H groups in total. The fourth-order valence-corrected chi connectivity index (χ4v) is 1.80. The van der Waals surface area contributed by atoms with Gasteiger partial charge >= 0.3 is 0 Å². The molecule has 2 heteroatoms. The molecular formula is C13H20IN. The predicted octanol–water partition coefficient (Wildman–Crippen LogP) is 4.45. The first kappa shape index (κ1) is 12.8. The van der Waals surface area contributed by atoms with Crippen molar-refractivity contribution in [1.29, 1.82) is 0 Å². The van der Waals surface area contributed by atoms with Crippen molar-refractivity contribution < 1.29 is 0 Å². The third kappa shape index (κ3) is 4.87. The minimum Gasteiger partial charge on any atom is -0.385 e. The normalized spacial score (nSPS) is 11.5. The monoisotopic (exact) mass is 317 g/mol. The van der Waals surface area contributed by atoms with Crippen LogP contribution in [-0.2, 0) is 0 Å². The third-order valence-corrected chi connectivity index (χ3v) is 3.54. The molecule has 0 saturated heterocycles. The molecule has 0 radical (unpaired) electrons. The Bertz CT molecular complexity index is 326. The van der Waals surface area contributed by atoms with Gasteiger partial charge in [-0.25, -0.2) is 0 Å². The highest BCUT2D eigenvalue weighted by atomic mass is 127. The minimum atomic E-state index is 0.408. The molecule has 0 aliphatic rings. The Morgan fingerprint density at radius 1 is 1.27 bits per heavy atom. The Balaban J connectivity index is 2.48. The van der Waals surface area contributed by atoms with Crippen LogP contribution >= 0.6 is 22.6 Å². The van der Waals surface area contributed by atoms with E-state index in [1.54, 1.807) is 0 Å². The molecule has 0 saturated carbocycles. The highest BCUT2D eigenvalue weighted by molar-refractivity contribution is 14.1. The molecule has 0 aromatic heterocycles. The summed E-state index contributed by atoms with van der Waals surface area (Å²) in [4.78, 5) is 0. The van der Waals surface area contributed by atoms with E-state index in [9.17, 15) is 0 Å². The Hall–Kier alpha value is -0.250. The van der Waals surface area contributed by atoms with Gasteiger partial charge in [0, 0.05) is 15.8 Å². The molecule has 0 amide bonds. The van der Waals surface area contributed by atoms with E-state index in [2.05, 4.69) is 73.8 Å². The molecule has 0 aliphatic carbocycles. The molecule has 0 unspecified atom stereocenters. The molecule has 1 aromatic rings. The maximum Gasteiger partial charge on any atom is 0.0350 e. The second-order valence-corrected chi connectivity index (χ2v) is 6.36. The van der Waals surface area contributed by atoms with Crippen LogP contribution in [0.25, 0.3) is 0 Å². The van der Waals surface area contributed by atoms with Gasteiger partial charge in [0.15, 0.2) is 0 Å². The van der Waals surface area contributed by atoms with E-state index in [0.717, 1.165) is 6.54 Å².